The second kappa shape index (κ2) is 3.67. The van der Waals surface area contributed by atoms with Gasteiger partial charge in [-0.1, -0.05) is 0 Å². The lowest BCUT2D eigenvalue weighted by atomic mass is 10.3. The molecular weight excluding hydrogens is 176 g/mol. The number of aryl methyl sites for hydroxylation is 1. The Balaban J connectivity index is 2.29. The minimum atomic E-state index is 0.619. The molecule has 2 aromatic heterocycles. The van der Waals surface area contributed by atoms with E-state index in [1.807, 2.05) is 36.3 Å². The Bertz CT molecular complexity index is 413. The van der Waals surface area contributed by atoms with Gasteiger partial charge < -0.3 is 10.3 Å². The first-order chi connectivity index (χ1) is 6.81. The van der Waals surface area contributed by atoms with Crippen LogP contribution in [0.2, 0.25) is 0 Å². The topological polar surface area (TPSA) is 48.8 Å². The van der Waals surface area contributed by atoms with Gasteiger partial charge in [-0.15, -0.1) is 0 Å². The Hall–Kier alpha value is -1.55. The van der Waals surface area contributed by atoms with Gasteiger partial charge in [-0.25, -0.2) is 0 Å². The van der Waals surface area contributed by atoms with Crippen molar-refractivity contribution < 1.29 is 0 Å². The fourth-order valence-electron chi connectivity index (χ4n) is 1.48. The number of nitrogens with two attached hydrogens (primary N) is 1. The molecule has 0 amide bonds. The average molecular weight is 190 g/mol. The van der Waals surface area contributed by atoms with Crippen molar-refractivity contribution in [1.82, 2.24) is 14.3 Å². The third-order valence-corrected chi connectivity index (χ3v) is 2.21. The molecule has 14 heavy (non-hydrogen) atoms. The second-order valence-corrected chi connectivity index (χ2v) is 3.26. The first-order valence-corrected chi connectivity index (χ1v) is 4.66. The molecule has 4 heteroatoms. The van der Waals surface area contributed by atoms with E-state index in [0.717, 1.165) is 17.9 Å². The summed E-state index contributed by atoms with van der Waals surface area (Å²) >= 11 is 0. The molecule has 0 atom stereocenters. The lowest BCUT2D eigenvalue weighted by molar-refractivity contribution is 0.626. The summed E-state index contributed by atoms with van der Waals surface area (Å²) < 4.78 is 3.91. The van der Waals surface area contributed by atoms with Crippen molar-refractivity contribution >= 4 is 0 Å². The summed E-state index contributed by atoms with van der Waals surface area (Å²) in [5, 5.41) is 4.42. The summed E-state index contributed by atoms with van der Waals surface area (Å²) in [7, 11) is 2.01. The largest absolute Gasteiger partial charge is 0.349 e. The van der Waals surface area contributed by atoms with E-state index in [1.165, 1.54) is 0 Å². The summed E-state index contributed by atoms with van der Waals surface area (Å²) in [5.74, 6) is 0. The Morgan fingerprint density at radius 1 is 1.36 bits per heavy atom. The summed E-state index contributed by atoms with van der Waals surface area (Å²) in [5.41, 5.74) is 7.57. The number of rotatable bonds is 3. The highest BCUT2D eigenvalue weighted by Crippen LogP contribution is 2.15. The molecule has 0 saturated carbocycles. The molecular formula is C10H14N4. The molecule has 0 spiro atoms. The molecule has 0 unspecified atom stereocenters. The van der Waals surface area contributed by atoms with E-state index in [2.05, 4.69) is 15.7 Å². The van der Waals surface area contributed by atoms with Crippen molar-refractivity contribution in [3.8, 4) is 11.4 Å². The van der Waals surface area contributed by atoms with Gasteiger partial charge in [-0.05, 0) is 18.2 Å². The van der Waals surface area contributed by atoms with Crippen LogP contribution >= 0.6 is 0 Å². The molecule has 0 fully saturated rings. The van der Waals surface area contributed by atoms with Crippen LogP contribution in [0.25, 0.3) is 11.4 Å². The van der Waals surface area contributed by atoms with Crippen molar-refractivity contribution in [3.63, 3.8) is 0 Å². The van der Waals surface area contributed by atoms with Gasteiger partial charge in [0.2, 0.25) is 0 Å². The van der Waals surface area contributed by atoms with Crippen molar-refractivity contribution in [2.45, 2.75) is 6.54 Å². The first-order valence-electron chi connectivity index (χ1n) is 4.66. The van der Waals surface area contributed by atoms with E-state index in [-0.39, 0.29) is 0 Å². The van der Waals surface area contributed by atoms with E-state index in [4.69, 9.17) is 5.73 Å². The van der Waals surface area contributed by atoms with Crippen LogP contribution in [0.15, 0.2) is 30.6 Å². The predicted molar refractivity (Wildman–Crippen MR) is 55.7 cm³/mol. The summed E-state index contributed by atoms with van der Waals surface area (Å²) in [6.07, 6.45) is 3.96. The van der Waals surface area contributed by atoms with Gasteiger partial charge in [0, 0.05) is 26.0 Å². The minimum Gasteiger partial charge on any atom is -0.349 e. The van der Waals surface area contributed by atoms with Gasteiger partial charge in [-0.2, -0.15) is 5.10 Å². The molecule has 0 bridgehead atoms. The molecule has 4 nitrogen and oxygen atoms in total. The first kappa shape index (κ1) is 9.02. The van der Waals surface area contributed by atoms with Crippen molar-refractivity contribution in [1.29, 1.82) is 0 Å². The molecule has 0 aliphatic carbocycles. The number of aromatic nitrogens is 3. The molecule has 2 aromatic rings. The van der Waals surface area contributed by atoms with Gasteiger partial charge in [0.25, 0.3) is 0 Å². The summed E-state index contributed by atoms with van der Waals surface area (Å²) in [6, 6.07) is 6.07. The van der Waals surface area contributed by atoms with Crippen molar-refractivity contribution in [2.75, 3.05) is 6.54 Å². The van der Waals surface area contributed by atoms with Gasteiger partial charge in [-0.3, -0.25) is 4.68 Å². The van der Waals surface area contributed by atoms with Crippen LogP contribution in [0.3, 0.4) is 0 Å². The second-order valence-electron chi connectivity index (χ2n) is 3.26. The highest BCUT2D eigenvalue weighted by molar-refractivity contribution is 5.54. The third kappa shape index (κ3) is 1.56. The molecule has 2 N–H and O–H groups in total. The lowest BCUT2D eigenvalue weighted by Gasteiger charge is -1.99. The van der Waals surface area contributed by atoms with Gasteiger partial charge in [0.1, 0.15) is 5.69 Å². The number of hydrogen-bond acceptors (Lipinski definition) is 2. The molecule has 0 aromatic carbocycles. The number of nitrogens with zero attached hydrogens (tertiary/aromatic N) is 3. The molecule has 0 saturated heterocycles. The van der Waals surface area contributed by atoms with E-state index in [9.17, 15) is 0 Å². The maximum absolute atomic E-state index is 5.45. The quantitative estimate of drug-likeness (QED) is 0.780. The van der Waals surface area contributed by atoms with E-state index < -0.39 is 0 Å². The summed E-state index contributed by atoms with van der Waals surface area (Å²) in [4.78, 5) is 0. The van der Waals surface area contributed by atoms with Crippen LogP contribution < -0.4 is 5.73 Å². The zero-order valence-corrected chi connectivity index (χ0v) is 8.22. The standard InChI is InChI=1S/C10H14N4/c1-13-6-2-3-10(13)9-4-7-14(12-9)8-5-11/h2-4,6-7H,5,8,11H2,1H3. The van der Waals surface area contributed by atoms with Crippen LogP contribution in [0, 0.1) is 0 Å². The van der Waals surface area contributed by atoms with Crippen LogP contribution in [-0.2, 0) is 13.6 Å². The zero-order valence-electron chi connectivity index (χ0n) is 8.22. The SMILES string of the molecule is Cn1cccc1-c1ccn(CCN)n1. The van der Waals surface area contributed by atoms with Gasteiger partial charge >= 0.3 is 0 Å². The van der Waals surface area contributed by atoms with Crippen LogP contribution in [0.1, 0.15) is 0 Å². The average Bonchev–Trinajstić information content (AvgIpc) is 2.74. The normalized spacial score (nSPS) is 10.7. The zero-order chi connectivity index (χ0) is 9.97. The monoisotopic (exact) mass is 190 g/mol. The molecule has 0 radical (unpaired) electrons. The van der Waals surface area contributed by atoms with Crippen molar-refractivity contribution in [3.05, 3.63) is 30.6 Å². The lowest BCUT2D eigenvalue weighted by Crippen LogP contribution is -2.10. The Labute approximate surface area is 82.9 Å². The number of hydrogen-bond donors (Lipinski definition) is 1. The molecule has 2 heterocycles. The van der Waals surface area contributed by atoms with Gasteiger partial charge in [0.15, 0.2) is 0 Å². The fraction of sp³-hybridized carbons (Fsp3) is 0.300. The fourth-order valence-corrected chi connectivity index (χ4v) is 1.48. The Kier molecular flexibility index (Phi) is 2.37. The predicted octanol–water partition coefficient (Wildman–Crippen LogP) is 0.847. The maximum atomic E-state index is 5.45. The molecule has 74 valence electrons. The maximum Gasteiger partial charge on any atom is 0.109 e. The molecule has 0 aliphatic rings. The summed E-state index contributed by atoms with van der Waals surface area (Å²) in [6.45, 7) is 1.39. The van der Waals surface area contributed by atoms with Crippen LogP contribution in [0.5, 0.6) is 0 Å². The Morgan fingerprint density at radius 2 is 2.21 bits per heavy atom. The molecule has 0 aliphatic heterocycles. The van der Waals surface area contributed by atoms with E-state index in [0.29, 0.717) is 6.54 Å². The third-order valence-electron chi connectivity index (χ3n) is 2.21. The van der Waals surface area contributed by atoms with Gasteiger partial charge in [0.05, 0.1) is 12.2 Å². The minimum absolute atomic E-state index is 0.619. The van der Waals surface area contributed by atoms with E-state index >= 15 is 0 Å². The van der Waals surface area contributed by atoms with Crippen LogP contribution in [0.4, 0.5) is 0 Å². The highest BCUT2D eigenvalue weighted by atomic mass is 15.3. The molecule has 2 rings (SSSR count). The Morgan fingerprint density at radius 3 is 2.86 bits per heavy atom. The van der Waals surface area contributed by atoms with E-state index in [1.54, 1.807) is 0 Å². The highest BCUT2D eigenvalue weighted by Gasteiger charge is 2.04. The van der Waals surface area contributed by atoms with Crippen molar-refractivity contribution in [2.24, 2.45) is 12.8 Å². The smallest absolute Gasteiger partial charge is 0.109 e. The van der Waals surface area contributed by atoms with Crippen LogP contribution in [-0.4, -0.2) is 20.9 Å².